The Morgan fingerprint density at radius 1 is 0.703 bits per heavy atom. The lowest BCUT2D eigenvalue weighted by Gasteiger charge is -2.33. The zero-order chi connectivity index (χ0) is 26.4. The summed E-state index contributed by atoms with van der Waals surface area (Å²) < 4.78 is 2.51. The lowest BCUT2D eigenvalue weighted by molar-refractivity contribution is 0.380. The van der Waals surface area contributed by atoms with Gasteiger partial charge in [0.05, 0.1) is 5.41 Å². The SMILES string of the molecule is CCCCCCCCCCCCCCCCCC1(c2nccn2C(C)CCCCCCC)C=CC=CC1. The summed E-state index contributed by atoms with van der Waals surface area (Å²) in [7, 11) is 0. The van der Waals surface area contributed by atoms with Crippen molar-refractivity contribution in [1.29, 1.82) is 0 Å². The first-order chi connectivity index (χ1) is 18.2. The van der Waals surface area contributed by atoms with Crippen molar-refractivity contribution in [1.82, 2.24) is 9.55 Å². The van der Waals surface area contributed by atoms with E-state index in [-0.39, 0.29) is 5.41 Å². The molecular formula is C35H62N2. The first kappa shape index (κ1) is 31.9. The molecule has 0 fully saturated rings. The number of hydrogen-bond acceptors (Lipinski definition) is 1. The van der Waals surface area contributed by atoms with Gasteiger partial charge in [-0.15, -0.1) is 0 Å². The average Bonchev–Trinajstić information content (AvgIpc) is 3.42. The normalized spacial score (nSPS) is 18.0. The van der Waals surface area contributed by atoms with Crippen molar-refractivity contribution in [2.24, 2.45) is 0 Å². The van der Waals surface area contributed by atoms with Crippen molar-refractivity contribution in [2.75, 3.05) is 0 Å². The van der Waals surface area contributed by atoms with Crippen LogP contribution >= 0.6 is 0 Å². The number of allylic oxidation sites excluding steroid dienone is 4. The number of aromatic nitrogens is 2. The van der Waals surface area contributed by atoms with Crippen LogP contribution in [0.3, 0.4) is 0 Å². The summed E-state index contributed by atoms with van der Waals surface area (Å²) in [5.74, 6) is 1.31. The van der Waals surface area contributed by atoms with Gasteiger partial charge in [-0.3, -0.25) is 0 Å². The molecule has 0 bridgehead atoms. The van der Waals surface area contributed by atoms with Gasteiger partial charge in [-0.2, -0.15) is 0 Å². The summed E-state index contributed by atoms with van der Waals surface area (Å²) in [6.07, 6.45) is 45.4. The van der Waals surface area contributed by atoms with Crippen LogP contribution < -0.4 is 0 Å². The lowest BCUT2D eigenvalue weighted by Crippen LogP contribution is -2.29. The molecule has 0 radical (unpaired) electrons. The highest BCUT2D eigenvalue weighted by Crippen LogP contribution is 2.38. The fraction of sp³-hybridized carbons (Fsp3) is 0.800. The summed E-state index contributed by atoms with van der Waals surface area (Å²) in [4.78, 5) is 4.96. The molecule has 2 rings (SSSR count). The molecule has 0 amide bonds. The Morgan fingerprint density at radius 3 is 1.73 bits per heavy atom. The summed E-state index contributed by atoms with van der Waals surface area (Å²) >= 11 is 0. The fourth-order valence-corrected chi connectivity index (χ4v) is 6.18. The van der Waals surface area contributed by atoms with E-state index in [2.05, 4.69) is 55.8 Å². The second-order valence-corrected chi connectivity index (χ2v) is 12.1. The molecule has 0 saturated heterocycles. The molecule has 2 nitrogen and oxygen atoms in total. The van der Waals surface area contributed by atoms with Gasteiger partial charge in [0.1, 0.15) is 5.82 Å². The van der Waals surface area contributed by atoms with Gasteiger partial charge in [0.15, 0.2) is 0 Å². The van der Waals surface area contributed by atoms with Gasteiger partial charge in [-0.1, -0.05) is 167 Å². The molecule has 212 valence electrons. The van der Waals surface area contributed by atoms with Crippen LogP contribution in [0.5, 0.6) is 0 Å². The molecule has 1 aromatic rings. The lowest BCUT2D eigenvalue weighted by atomic mass is 9.76. The van der Waals surface area contributed by atoms with E-state index in [0.29, 0.717) is 6.04 Å². The Morgan fingerprint density at radius 2 is 1.22 bits per heavy atom. The number of rotatable bonds is 24. The van der Waals surface area contributed by atoms with Crippen molar-refractivity contribution in [3.05, 3.63) is 42.5 Å². The monoisotopic (exact) mass is 510 g/mol. The molecule has 2 heteroatoms. The Bertz CT molecular complexity index is 715. The van der Waals surface area contributed by atoms with E-state index in [9.17, 15) is 0 Å². The predicted molar refractivity (Wildman–Crippen MR) is 164 cm³/mol. The predicted octanol–water partition coefficient (Wildman–Crippen LogP) is 11.8. The molecule has 1 aromatic heterocycles. The molecule has 1 aliphatic rings. The Kier molecular flexibility index (Phi) is 17.8. The first-order valence-corrected chi connectivity index (χ1v) is 16.6. The number of imidazole rings is 1. The molecule has 0 saturated carbocycles. The van der Waals surface area contributed by atoms with Gasteiger partial charge in [-0.25, -0.2) is 4.98 Å². The maximum Gasteiger partial charge on any atom is 0.119 e. The fourth-order valence-electron chi connectivity index (χ4n) is 6.18. The molecule has 0 N–H and O–H groups in total. The third-order valence-corrected chi connectivity index (χ3v) is 8.69. The molecule has 1 aliphatic carbocycles. The van der Waals surface area contributed by atoms with Crippen molar-refractivity contribution in [3.8, 4) is 0 Å². The number of hydrogen-bond donors (Lipinski definition) is 0. The molecule has 0 aliphatic heterocycles. The van der Waals surface area contributed by atoms with Crippen molar-refractivity contribution >= 4 is 0 Å². The quantitative estimate of drug-likeness (QED) is 0.126. The average molecular weight is 511 g/mol. The van der Waals surface area contributed by atoms with Crippen molar-refractivity contribution < 1.29 is 0 Å². The van der Waals surface area contributed by atoms with Crippen LogP contribution in [0.4, 0.5) is 0 Å². The largest absolute Gasteiger partial charge is 0.331 e. The van der Waals surface area contributed by atoms with Crippen LogP contribution in [0.1, 0.15) is 180 Å². The minimum absolute atomic E-state index is 0.0886. The van der Waals surface area contributed by atoms with E-state index in [1.54, 1.807) is 0 Å². The highest BCUT2D eigenvalue weighted by atomic mass is 15.1. The Balaban J connectivity index is 1.64. The maximum absolute atomic E-state index is 4.96. The highest BCUT2D eigenvalue weighted by Gasteiger charge is 2.34. The van der Waals surface area contributed by atoms with E-state index >= 15 is 0 Å². The van der Waals surface area contributed by atoms with E-state index < -0.39 is 0 Å². The smallest absolute Gasteiger partial charge is 0.119 e. The van der Waals surface area contributed by atoms with Gasteiger partial charge in [-0.05, 0) is 26.2 Å². The van der Waals surface area contributed by atoms with E-state index in [0.717, 1.165) is 6.42 Å². The van der Waals surface area contributed by atoms with Crippen LogP contribution in [0, 0.1) is 0 Å². The topological polar surface area (TPSA) is 17.8 Å². The van der Waals surface area contributed by atoms with Gasteiger partial charge in [0.2, 0.25) is 0 Å². The summed E-state index contributed by atoms with van der Waals surface area (Å²) in [6, 6.07) is 0.538. The van der Waals surface area contributed by atoms with Crippen LogP contribution in [0.25, 0.3) is 0 Å². The Labute approximate surface area is 231 Å². The van der Waals surface area contributed by atoms with Crippen LogP contribution in [0.2, 0.25) is 0 Å². The van der Waals surface area contributed by atoms with Gasteiger partial charge >= 0.3 is 0 Å². The van der Waals surface area contributed by atoms with E-state index in [4.69, 9.17) is 4.98 Å². The highest BCUT2D eigenvalue weighted by molar-refractivity contribution is 5.29. The Hall–Kier alpha value is -1.31. The molecule has 0 spiro atoms. The zero-order valence-corrected chi connectivity index (χ0v) is 25.2. The second-order valence-electron chi connectivity index (χ2n) is 12.1. The third kappa shape index (κ3) is 12.9. The van der Waals surface area contributed by atoms with Crippen molar-refractivity contribution in [2.45, 2.75) is 180 Å². The van der Waals surface area contributed by atoms with Gasteiger partial charge in [0, 0.05) is 18.4 Å². The van der Waals surface area contributed by atoms with Crippen LogP contribution in [-0.4, -0.2) is 9.55 Å². The molecular weight excluding hydrogens is 448 g/mol. The molecule has 37 heavy (non-hydrogen) atoms. The standard InChI is InChI=1S/C35H62N2/c1-4-6-8-10-11-12-13-14-15-16-17-18-19-21-24-28-35(29-25-22-26-30-35)34-36-31-32-37(34)33(3)27-23-20-9-7-5-2/h22,25-26,29,31-33H,4-21,23-24,27-28,30H2,1-3H3. The summed E-state index contributed by atoms with van der Waals surface area (Å²) in [5, 5.41) is 0. The van der Waals surface area contributed by atoms with Crippen molar-refractivity contribution in [3.63, 3.8) is 0 Å². The minimum Gasteiger partial charge on any atom is -0.331 e. The van der Waals surface area contributed by atoms with Crippen LogP contribution in [-0.2, 0) is 5.41 Å². The number of nitrogens with zero attached hydrogens (tertiary/aromatic N) is 2. The zero-order valence-electron chi connectivity index (χ0n) is 25.2. The van der Waals surface area contributed by atoms with E-state index in [1.165, 1.54) is 147 Å². The third-order valence-electron chi connectivity index (χ3n) is 8.69. The van der Waals surface area contributed by atoms with Gasteiger partial charge in [0.25, 0.3) is 0 Å². The minimum atomic E-state index is 0.0886. The summed E-state index contributed by atoms with van der Waals surface area (Å²) in [6.45, 7) is 7.00. The molecule has 0 aromatic carbocycles. The van der Waals surface area contributed by atoms with Crippen LogP contribution in [0.15, 0.2) is 36.7 Å². The molecule has 2 atom stereocenters. The second kappa shape index (κ2) is 20.6. The number of unbranched alkanes of at least 4 members (excludes halogenated alkanes) is 18. The molecule has 2 unspecified atom stereocenters. The van der Waals surface area contributed by atoms with E-state index in [1.807, 2.05) is 6.20 Å². The maximum atomic E-state index is 4.96. The first-order valence-electron chi connectivity index (χ1n) is 16.6. The summed E-state index contributed by atoms with van der Waals surface area (Å²) in [5.41, 5.74) is 0.0886. The molecule has 1 heterocycles. The van der Waals surface area contributed by atoms with Gasteiger partial charge < -0.3 is 4.57 Å².